The molecule has 0 aliphatic heterocycles. The predicted molar refractivity (Wildman–Crippen MR) is 213 cm³/mol. The number of carbonyl (C=O) groups excluding carboxylic acids is 4. The second-order valence-corrected chi connectivity index (χ2v) is 12.4. The normalized spacial score (nSPS) is 13.2. The number of rotatable bonds is 29. The molecule has 0 unspecified atom stereocenters. The van der Waals surface area contributed by atoms with Crippen molar-refractivity contribution in [3.63, 3.8) is 0 Å². The number of guanidine groups is 5. The number of nitrogens with one attached hydrogen (secondary N) is 4. The molecule has 0 saturated heterocycles. The zero-order valence-electron chi connectivity index (χ0n) is 31.6. The first-order valence-corrected chi connectivity index (χ1v) is 17.8. The Morgan fingerprint density at radius 1 is 0.393 bits per heavy atom. The molecule has 0 bridgehead atoms. The molecule has 5 atom stereocenters. The van der Waals surface area contributed by atoms with E-state index >= 15 is 0 Å². The Kier molecular flexibility index (Phi) is 25.0. The van der Waals surface area contributed by atoms with E-state index in [-0.39, 0.29) is 120 Å². The second kappa shape index (κ2) is 28.2. The monoisotopic (exact) mass is 799 g/mol. The Morgan fingerprint density at radius 3 is 0.893 bits per heavy atom. The maximum absolute atomic E-state index is 13.8. The largest absolute Gasteiger partial charge is 0.480 e. The molecule has 56 heavy (non-hydrogen) atoms. The molecule has 0 aliphatic carbocycles. The van der Waals surface area contributed by atoms with Gasteiger partial charge in [0.2, 0.25) is 23.6 Å². The topological polar surface area (TPSA) is 502 Å². The quantitative estimate of drug-likeness (QED) is 0.0190. The highest BCUT2D eigenvalue weighted by Gasteiger charge is 2.31. The van der Waals surface area contributed by atoms with E-state index in [1.165, 1.54) is 0 Å². The third kappa shape index (κ3) is 24.8. The van der Waals surface area contributed by atoms with E-state index < -0.39 is 59.8 Å². The van der Waals surface area contributed by atoms with Gasteiger partial charge in [0.15, 0.2) is 29.8 Å². The minimum absolute atomic E-state index is 0.0296. The van der Waals surface area contributed by atoms with Gasteiger partial charge in [-0.05, 0) is 64.2 Å². The first-order valence-electron chi connectivity index (χ1n) is 17.8. The summed E-state index contributed by atoms with van der Waals surface area (Å²) in [5.74, 6) is -5.26. The molecule has 0 aromatic rings. The van der Waals surface area contributed by atoms with Crippen LogP contribution in [0.5, 0.6) is 0 Å². The molecule has 0 aromatic carbocycles. The first kappa shape index (κ1) is 49.7. The van der Waals surface area contributed by atoms with Crippen LogP contribution in [0.15, 0.2) is 25.0 Å². The minimum Gasteiger partial charge on any atom is -0.480 e. The molecule has 27 N–H and O–H groups in total. The Morgan fingerprint density at radius 2 is 0.625 bits per heavy atom. The molecular weight excluding hydrogens is 736 g/mol. The van der Waals surface area contributed by atoms with Gasteiger partial charge in [-0.15, -0.1) is 0 Å². The van der Waals surface area contributed by atoms with Gasteiger partial charge >= 0.3 is 5.97 Å². The van der Waals surface area contributed by atoms with Crippen LogP contribution in [0, 0.1) is 0 Å². The number of hydrogen-bond donors (Lipinski definition) is 16. The van der Waals surface area contributed by atoms with Gasteiger partial charge in [0.1, 0.15) is 24.2 Å². The smallest absolute Gasteiger partial charge is 0.326 e. The lowest BCUT2D eigenvalue weighted by atomic mass is 10.0. The number of nitrogens with two attached hydrogens (primary N) is 11. The van der Waals surface area contributed by atoms with Crippen LogP contribution in [0.3, 0.4) is 0 Å². The summed E-state index contributed by atoms with van der Waals surface area (Å²) in [4.78, 5) is 85.4. The number of carboxylic acids is 1. The maximum atomic E-state index is 13.8. The van der Waals surface area contributed by atoms with E-state index in [1.54, 1.807) is 0 Å². The molecular formula is C30H62N20O6. The highest BCUT2D eigenvalue weighted by atomic mass is 16.4. The molecule has 0 aliphatic rings. The second-order valence-electron chi connectivity index (χ2n) is 12.4. The predicted octanol–water partition coefficient (Wildman–Crippen LogP) is -7.39. The van der Waals surface area contributed by atoms with Gasteiger partial charge in [0.25, 0.3) is 0 Å². The number of hydrogen-bond acceptors (Lipinski definition) is 11. The fourth-order valence-electron chi connectivity index (χ4n) is 4.82. The minimum atomic E-state index is -1.36. The van der Waals surface area contributed by atoms with Crippen LogP contribution in [0.1, 0.15) is 64.2 Å². The van der Waals surface area contributed by atoms with Gasteiger partial charge in [-0.3, -0.25) is 44.1 Å². The Labute approximate surface area is 324 Å². The van der Waals surface area contributed by atoms with Crippen LogP contribution in [0.2, 0.25) is 0 Å². The third-order valence-corrected chi connectivity index (χ3v) is 7.60. The molecule has 0 saturated carbocycles. The lowest BCUT2D eigenvalue weighted by Gasteiger charge is -2.26. The lowest BCUT2D eigenvalue weighted by Crippen LogP contribution is -2.58. The van der Waals surface area contributed by atoms with Gasteiger partial charge in [-0.25, -0.2) is 4.79 Å². The molecule has 318 valence electrons. The van der Waals surface area contributed by atoms with Crippen molar-refractivity contribution >= 4 is 59.4 Å². The third-order valence-electron chi connectivity index (χ3n) is 7.60. The van der Waals surface area contributed by atoms with Crippen molar-refractivity contribution in [2.45, 2.75) is 94.4 Å². The van der Waals surface area contributed by atoms with Crippen molar-refractivity contribution in [2.24, 2.45) is 88.0 Å². The SMILES string of the molecule is NC(N)=NCCC[C@H](NC(=O)[C@H](CCCN=C(N)N)NC(=O)[C@H](CCCN=C(N)N)NC(=O)[C@H](CCCN=C(N)N)NC(=O)[C@@H](N)CCCN=C(N)N)C(=O)O. The Balaban J connectivity index is 6.33. The fraction of sp³-hybridized carbons (Fsp3) is 0.667. The Hall–Kier alpha value is -6.34. The average Bonchev–Trinajstić information content (AvgIpc) is 3.10. The number of amides is 4. The number of carboxylic acid groups (broad SMARTS) is 1. The van der Waals surface area contributed by atoms with Crippen molar-refractivity contribution in [1.29, 1.82) is 0 Å². The van der Waals surface area contributed by atoms with E-state index in [2.05, 4.69) is 46.2 Å². The van der Waals surface area contributed by atoms with Crippen LogP contribution in [-0.2, 0) is 24.0 Å². The van der Waals surface area contributed by atoms with Crippen LogP contribution in [0.25, 0.3) is 0 Å². The molecule has 0 fully saturated rings. The average molecular weight is 799 g/mol. The number of aliphatic carboxylic acids is 1. The van der Waals surface area contributed by atoms with Crippen LogP contribution in [-0.4, -0.2) is 127 Å². The molecule has 0 heterocycles. The van der Waals surface area contributed by atoms with Crippen LogP contribution < -0.4 is 84.3 Å². The summed E-state index contributed by atoms with van der Waals surface area (Å²) in [6.07, 6.45) is 1.33. The van der Waals surface area contributed by atoms with Crippen molar-refractivity contribution in [1.82, 2.24) is 21.3 Å². The van der Waals surface area contributed by atoms with E-state index in [4.69, 9.17) is 63.1 Å². The standard InChI is InChI=1S/C30H62N20O6/c31-16(6-1-11-42-26(32)33)21(51)47-17(7-2-12-43-27(34)35)22(52)48-18(8-3-13-44-28(36)37)23(53)49-19(9-4-14-45-29(38)39)24(54)50-20(25(55)56)10-5-15-46-30(40)41/h16-20H,1-15,31H2,(H,47,51)(H,48,52)(H,49,53)(H,50,54)(H,55,56)(H4,32,33,42)(H4,34,35,43)(H4,36,37,44)(H4,38,39,45)(H4,40,41,46)/t16-,17-,18-,19-,20-/m0/s1. The summed E-state index contributed by atoms with van der Waals surface area (Å²) < 4.78 is 0. The summed E-state index contributed by atoms with van der Waals surface area (Å²) in [7, 11) is 0. The number of aliphatic imine (C=N–C) groups is 5. The molecule has 0 rings (SSSR count). The van der Waals surface area contributed by atoms with Gasteiger partial charge in [0.05, 0.1) is 6.04 Å². The molecule has 0 aromatic heterocycles. The Bertz CT molecular complexity index is 1400. The van der Waals surface area contributed by atoms with E-state index in [1.807, 2.05) is 0 Å². The number of carbonyl (C=O) groups is 5. The molecule has 4 amide bonds. The summed E-state index contributed by atoms with van der Waals surface area (Å²) in [5.41, 5.74) is 59.9. The highest BCUT2D eigenvalue weighted by molar-refractivity contribution is 5.95. The van der Waals surface area contributed by atoms with Gasteiger partial charge in [-0.1, -0.05) is 0 Å². The molecule has 26 heteroatoms. The van der Waals surface area contributed by atoms with Crippen LogP contribution in [0.4, 0.5) is 0 Å². The van der Waals surface area contributed by atoms with E-state index in [9.17, 15) is 29.1 Å². The summed E-state index contributed by atoms with van der Waals surface area (Å²) in [5, 5.41) is 20.0. The summed E-state index contributed by atoms with van der Waals surface area (Å²) in [6, 6.07) is -6.20. The van der Waals surface area contributed by atoms with E-state index in [0.29, 0.717) is 6.42 Å². The zero-order valence-corrected chi connectivity index (χ0v) is 31.6. The highest BCUT2D eigenvalue weighted by Crippen LogP contribution is 2.08. The van der Waals surface area contributed by atoms with Crippen LogP contribution >= 0.6 is 0 Å². The number of nitrogens with zero attached hydrogens (tertiary/aromatic N) is 5. The van der Waals surface area contributed by atoms with Gasteiger partial charge < -0.3 is 89.4 Å². The van der Waals surface area contributed by atoms with Crippen molar-refractivity contribution < 1.29 is 29.1 Å². The van der Waals surface area contributed by atoms with Gasteiger partial charge in [-0.2, -0.15) is 0 Å². The summed E-state index contributed by atoms with van der Waals surface area (Å²) >= 11 is 0. The van der Waals surface area contributed by atoms with Crippen molar-refractivity contribution in [3.05, 3.63) is 0 Å². The molecule has 0 radical (unpaired) electrons. The lowest BCUT2D eigenvalue weighted by molar-refractivity contribution is -0.142. The van der Waals surface area contributed by atoms with E-state index in [0.717, 1.165) is 0 Å². The van der Waals surface area contributed by atoms with Gasteiger partial charge in [0, 0.05) is 32.7 Å². The summed E-state index contributed by atoms with van der Waals surface area (Å²) in [6.45, 7) is 0.628. The maximum Gasteiger partial charge on any atom is 0.326 e. The fourth-order valence-corrected chi connectivity index (χ4v) is 4.82. The first-order chi connectivity index (χ1) is 26.3. The molecule has 0 spiro atoms. The zero-order chi connectivity index (χ0) is 42.6. The molecule has 26 nitrogen and oxygen atoms in total. The van der Waals surface area contributed by atoms with Crippen molar-refractivity contribution in [3.8, 4) is 0 Å². The van der Waals surface area contributed by atoms with Crippen molar-refractivity contribution in [2.75, 3.05) is 32.7 Å².